The lowest BCUT2D eigenvalue weighted by Crippen LogP contribution is -2.49. The summed E-state index contributed by atoms with van der Waals surface area (Å²) in [4.78, 5) is 65.6. The van der Waals surface area contributed by atoms with E-state index in [9.17, 15) is 29.1 Å². The van der Waals surface area contributed by atoms with Crippen LogP contribution in [0.15, 0.2) is 44.4 Å². The molecule has 1 amide bonds. The second-order valence-electron chi connectivity index (χ2n) is 8.69. The van der Waals surface area contributed by atoms with E-state index in [0.717, 1.165) is 11.8 Å². The smallest absolute Gasteiger partial charge is 0.349 e. The van der Waals surface area contributed by atoms with Crippen molar-refractivity contribution in [3.8, 4) is 22.9 Å². The van der Waals surface area contributed by atoms with Crippen molar-refractivity contribution in [1.82, 2.24) is 19.7 Å². The number of Topliss-reactive ketones (excluding diaryl/α,β-unsaturated/α-hetero) is 1. The van der Waals surface area contributed by atoms with Gasteiger partial charge in [-0.05, 0) is 71.2 Å². The SMILES string of the molecule is COC(=O)C1CN(C(=O)c2nn(-c3cc(C)c(Oc4ccc(O)c(Br)c4)c(C)c3)c(=O)[nH]c2=O)CCC1=O. The molecule has 1 saturated heterocycles. The quantitative estimate of drug-likeness (QED) is 0.336. The van der Waals surface area contributed by atoms with E-state index in [2.05, 4.69) is 30.7 Å². The maximum absolute atomic E-state index is 13.1. The number of ether oxygens (including phenoxy) is 2. The molecule has 1 aliphatic rings. The number of ketones is 1. The second-order valence-corrected chi connectivity index (χ2v) is 9.54. The number of nitrogens with one attached hydrogen (secondary N) is 1. The molecule has 1 aliphatic heterocycles. The summed E-state index contributed by atoms with van der Waals surface area (Å²) >= 11 is 3.24. The van der Waals surface area contributed by atoms with Crippen LogP contribution in [0.2, 0.25) is 0 Å². The average Bonchev–Trinajstić information content (AvgIpc) is 2.87. The fraction of sp³-hybridized carbons (Fsp3) is 0.280. The number of aromatic nitrogens is 3. The molecule has 198 valence electrons. The number of piperidine rings is 1. The Morgan fingerprint density at radius 1 is 1.13 bits per heavy atom. The molecule has 1 fully saturated rings. The molecule has 0 aliphatic carbocycles. The predicted molar refractivity (Wildman–Crippen MR) is 137 cm³/mol. The number of aromatic hydroxyl groups is 1. The lowest BCUT2D eigenvalue weighted by Gasteiger charge is -2.29. The maximum Gasteiger partial charge on any atom is 0.349 e. The van der Waals surface area contributed by atoms with Gasteiger partial charge >= 0.3 is 11.7 Å². The second kappa shape index (κ2) is 10.6. The van der Waals surface area contributed by atoms with E-state index in [0.29, 0.717) is 27.1 Å². The molecule has 2 heterocycles. The summed E-state index contributed by atoms with van der Waals surface area (Å²) in [6, 6.07) is 7.88. The summed E-state index contributed by atoms with van der Waals surface area (Å²) in [5, 5.41) is 13.7. The van der Waals surface area contributed by atoms with Gasteiger partial charge < -0.3 is 19.5 Å². The van der Waals surface area contributed by atoms with Crippen LogP contribution in [0, 0.1) is 19.8 Å². The fourth-order valence-electron chi connectivity index (χ4n) is 4.11. The number of likely N-dealkylation sites (tertiary alicyclic amines) is 1. The largest absolute Gasteiger partial charge is 0.507 e. The zero-order valence-electron chi connectivity index (χ0n) is 20.6. The van der Waals surface area contributed by atoms with E-state index in [-0.39, 0.29) is 36.7 Å². The third kappa shape index (κ3) is 5.23. The maximum atomic E-state index is 13.1. The number of carbonyl (C=O) groups is 3. The van der Waals surface area contributed by atoms with Crippen molar-refractivity contribution in [3.63, 3.8) is 0 Å². The van der Waals surface area contributed by atoms with Crippen LogP contribution in [0.1, 0.15) is 28.0 Å². The number of nitrogens with zero attached hydrogens (tertiary/aromatic N) is 3. The number of amides is 1. The Bertz CT molecular complexity index is 1550. The van der Waals surface area contributed by atoms with E-state index in [1.807, 2.05) is 0 Å². The van der Waals surface area contributed by atoms with Crippen molar-refractivity contribution in [2.45, 2.75) is 20.3 Å². The van der Waals surface area contributed by atoms with Gasteiger partial charge in [0.15, 0.2) is 5.78 Å². The number of carbonyl (C=O) groups excluding carboxylic acids is 3. The van der Waals surface area contributed by atoms with Gasteiger partial charge in [0.2, 0.25) is 5.69 Å². The third-order valence-corrected chi connectivity index (χ3v) is 6.69. The molecule has 2 N–H and O–H groups in total. The van der Waals surface area contributed by atoms with Crippen LogP contribution in [-0.4, -0.2) is 62.6 Å². The Morgan fingerprint density at radius 3 is 2.45 bits per heavy atom. The van der Waals surface area contributed by atoms with Crippen LogP contribution in [0.25, 0.3) is 5.69 Å². The molecule has 2 aromatic carbocycles. The van der Waals surface area contributed by atoms with Crippen LogP contribution < -0.4 is 16.0 Å². The lowest BCUT2D eigenvalue weighted by atomic mass is 9.96. The molecular formula is C25H23BrN4O8. The van der Waals surface area contributed by atoms with Crippen molar-refractivity contribution in [2.24, 2.45) is 5.92 Å². The van der Waals surface area contributed by atoms with E-state index in [1.165, 1.54) is 11.0 Å². The number of halogens is 1. The van der Waals surface area contributed by atoms with Crippen LogP contribution in [0.5, 0.6) is 17.2 Å². The number of aryl methyl sites for hydroxylation is 2. The molecule has 0 spiro atoms. The summed E-state index contributed by atoms with van der Waals surface area (Å²) in [6.07, 6.45) is -0.0828. The first kappa shape index (κ1) is 26.8. The first-order valence-corrected chi connectivity index (χ1v) is 12.2. The standard InChI is InChI=1S/C25H23BrN4O8/c1-12-8-14(9-13(2)21(12)38-15-4-5-19(32)17(26)10-15)30-25(36)27-22(33)20(28-30)23(34)29-7-6-18(31)16(11-29)24(35)37-3/h4-5,8-10,16,32H,6-7,11H2,1-3H3,(H,27,33,36). The molecule has 1 unspecified atom stereocenters. The van der Waals surface area contributed by atoms with Gasteiger partial charge in [0.25, 0.3) is 11.5 Å². The lowest BCUT2D eigenvalue weighted by molar-refractivity contribution is -0.151. The number of H-pyrrole nitrogens is 1. The highest BCUT2D eigenvalue weighted by Gasteiger charge is 2.37. The van der Waals surface area contributed by atoms with E-state index < -0.39 is 34.7 Å². The highest BCUT2D eigenvalue weighted by atomic mass is 79.9. The highest BCUT2D eigenvalue weighted by molar-refractivity contribution is 9.10. The van der Waals surface area contributed by atoms with E-state index in [4.69, 9.17) is 4.74 Å². The number of esters is 1. The summed E-state index contributed by atoms with van der Waals surface area (Å²) in [5.74, 6) is -2.08. The summed E-state index contributed by atoms with van der Waals surface area (Å²) in [5.41, 5.74) is -0.875. The highest BCUT2D eigenvalue weighted by Crippen LogP contribution is 2.34. The Kier molecular flexibility index (Phi) is 7.49. The van der Waals surface area contributed by atoms with Gasteiger partial charge in [0.05, 0.1) is 17.3 Å². The molecule has 4 rings (SSSR count). The molecule has 13 heteroatoms. The fourth-order valence-corrected chi connectivity index (χ4v) is 4.47. The Balaban J connectivity index is 1.67. The summed E-state index contributed by atoms with van der Waals surface area (Å²) < 4.78 is 12.0. The Labute approximate surface area is 223 Å². The number of phenols is 1. The van der Waals surface area contributed by atoms with Gasteiger partial charge in [-0.3, -0.25) is 24.2 Å². The molecule has 1 aromatic heterocycles. The number of aromatic amines is 1. The zero-order chi connectivity index (χ0) is 27.7. The Hall–Kier alpha value is -4.26. The van der Waals surface area contributed by atoms with E-state index in [1.54, 1.807) is 38.1 Å². The summed E-state index contributed by atoms with van der Waals surface area (Å²) in [7, 11) is 1.14. The molecular weight excluding hydrogens is 564 g/mol. The van der Waals surface area contributed by atoms with Gasteiger partial charge in [-0.25, -0.2) is 4.79 Å². The van der Waals surface area contributed by atoms with Gasteiger partial charge in [0, 0.05) is 19.5 Å². The van der Waals surface area contributed by atoms with Gasteiger partial charge in [-0.15, -0.1) is 0 Å². The van der Waals surface area contributed by atoms with E-state index >= 15 is 0 Å². The first-order valence-electron chi connectivity index (χ1n) is 11.4. The summed E-state index contributed by atoms with van der Waals surface area (Å²) in [6.45, 7) is 3.23. The molecule has 0 radical (unpaired) electrons. The van der Waals surface area contributed by atoms with Crippen LogP contribution in [0.4, 0.5) is 0 Å². The molecule has 12 nitrogen and oxygen atoms in total. The molecule has 38 heavy (non-hydrogen) atoms. The topological polar surface area (TPSA) is 161 Å². The van der Waals surface area contributed by atoms with Gasteiger partial charge in [0.1, 0.15) is 23.2 Å². The number of hydrogen-bond acceptors (Lipinski definition) is 9. The van der Waals surface area contributed by atoms with Crippen molar-refractivity contribution in [1.29, 1.82) is 0 Å². The molecule has 0 saturated carbocycles. The van der Waals surface area contributed by atoms with Crippen molar-refractivity contribution in [2.75, 3.05) is 20.2 Å². The zero-order valence-corrected chi connectivity index (χ0v) is 22.2. The minimum Gasteiger partial charge on any atom is -0.507 e. The number of benzene rings is 2. The molecule has 3 aromatic rings. The average molecular weight is 587 g/mol. The number of hydrogen-bond donors (Lipinski definition) is 2. The van der Waals surface area contributed by atoms with Crippen molar-refractivity contribution in [3.05, 3.63) is 72.5 Å². The Morgan fingerprint density at radius 2 is 1.82 bits per heavy atom. The minimum atomic E-state index is -1.16. The number of phenolic OH excluding ortho intramolecular Hbond substituents is 1. The third-order valence-electron chi connectivity index (χ3n) is 6.05. The van der Waals surface area contributed by atoms with Gasteiger partial charge in [-0.2, -0.15) is 9.78 Å². The first-order chi connectivity index (χ1) is 18.0. The normalized spacial score (nSPS) is 15.3. The van der Waals surface area contributed by atoms with Crippen molar-refractivity contribution < 1.29 is 29.0 Å². The van der Waals surface area contributed by atoms with Crippen LogP contribution in [0.3, 0.4) is 0 Å². The number of methoxy groups -OCH3 is 1. The number of rotatable bonds is 5. The predicted octanol–water partition coefficient (Wildman–Crippen LogP) is 2.00. The van der Waals surface area contributed by atoms with Crippen molar-refractivity contribution >= 4 is 33.6 Å². The monoisotopic (exact) mass is 586 g/mol. The van der Waals surface area contributed by atoms with Gasteiger partial charge in [-0.1, -0.05) is 0 Å². The minimum absolute atomic E-state index is 0.0109. The molecule has 1 atom stereocenters. The molecule has 0 bridgehead atoms. The van der Waals surface area contributed by atoms with Crippen LogP contribution in [-0.2, 0) is 14.3 Å². The van der Waals surface area contributed by atoms with Crippen LogP contribution >= 0.6 is 15.9 Å².